The number of likely N-dealkylation sites (N-methyl/N-ethyl adjacent to an activating group) is 1. The van der Waals surface area contributed by atoms with Crippen molar-refractivity contribution in [3.8, 4) is 12.3 Å². The lowest BCUT2D eigenvalue weighted by Gasteiger charge is -2.34. The first-order valence-electron chi connectivity index (χ1n) is 9.17. The third-order valence-electron chi connectivity index (χ3n) is 5.12. The van der Waals surface area contributed by atoms with Crippen molar-refractivity contribution in [3.05, 3.63) is 0 Å². The minimum absolute atomic E-state index is 0.0285. The molecule has 0 aliphatic carbocycles. The van der Waals surface area contributed by atoms with Crippen molar-refractivity contribution in [1.29, 1.82) is 0 Å². The minimum Gasteiger partial charge on any atom is -0.353 e. The van der Waals surface area contributed by atoms with Crippen LogP contribution in [0.5, 0.6) is 0 Å². The van der Waals surface area contributed by atoms with Gasteiger partial charge in [0.15, 0.2) is 0 Å². The van der Waals surface area contributed by atoms with E-state index >= 15 is 0 Å². The van der Waals surface area contributed by atoms with Gasteiger partial charge in [0.2, 0.25) is 11.8 Å². The number of amides is 2. The van der Waals surface area contributed by atoms with E-state index in [1.807, 2.05) is 0 Å². The Morgan fingerprint density at radius 3 is 2.80 bits per heavy atom. The molecule has 6 nitrogen and oxygen atoms in total. The number of carbonyl (C=O) groups is 2. The maximum atomic E-state index is 12.7. The molecule has 3 atom stereocenters. The number of nitrogens with zero attached hydrogens (tertiary/aromatic N) is 2. The average Bonchev–Trinajstić information content (AvgIpc) is 2.88. The number of terminal acetylenes is 1. The number of hydrogen-bond donors (Lipinski definition) is 2. The summed E-state index contributed by atoms with van der Waals surface area (Å²) in [4.78, 5) is 29.1. The van der Waals surface area contributed by atoms with Crippen molar-refractivity contribution in [3.63, 3.8) is 0 Å². The van der Waals surface area contributed by atoms with Crippen molar-refractivity contribution in [2.75, 3.05) is 33.2 Å². The van der Waals surface area contributed by atoms with Crippen LogP contribution in [0.1, 0.15) is 40.0 Å². The Hall–Kier alpha value is -1.58. The van der Waals surface area contributed by atoms with Crippen LogP contribution in [-0.4, -0.2) is 73.0 Å². The Morgan fingerprint density at radius 2 is 2.16 bits per heavy atom. The summed E-state index contributed by atoms with van der Waals surface area (Å²) < 4.78 is 0. The fraction of sp³-hybridized carbons (Fsp3) is 0.789. The van der Waals surface area contributed by atoms with Gasteiger partial charge in [-0.1, -0.05) is 26.7 Å². The molecule has 2 saturated heterocycles. The van der Waals surface area contributed by atoms with E-state index in [2.05, 4.69) is 54.2 Å². The lowest BCUT2D eigenvalue weighted by atomic mass is 9.95. The fourth-order valence-corrected chi connectivity index (χ4v) is 3.97. The average molecular weight is 348 g/mol. The van der Waals surface area contributed by atoms with E-state index < -0.39 is 0 Å². The van der Waals surface area contributed by atoms with Crippen molar-refractivity contribution >= 4 is 11.8 Å². The number of carbonyl (C=O) groups excluding carboxylic acids is 2. The molecule has 3 unspecified atom stereocenters. The number of likely N-dealkylation sites (tertiary alicyclic amines) is 1. The van der Waals surface area contributed by atoms with Crippen molar-refractivity contribution in [1.82, 2.24) is 20.4 Å². The van der Waals surface area contributed by atoms with Crippen LogP contribution in [0.15, 0.2) is 0 Å². The molecule has 2 amide bonds. The van der Waals surface area contributed by atoms with Gasteiger partial charge in [-0.2, -0.15) is 0 Å². The zero-order valence-electron chi connectivity index (χ0n) is 16.0. The normalized spacial score (nSPS) is 28.0. The molecule has 25 heavy (non-hydrogen) atoms. The van der Waals surface area contributed by atoms with E-state index in [1.54, 1.807) is 0 Å². The molecule has 0 aromatic carbocycles. The summed E-state index contributed by atoms with van der Waals surface area (Å²) in [5.41, 5.74) is 0.161. The van der Waals surface area contributed by atoms with E-state index in [0.717, 1.165) is 25.9 Å². The minimum atomic E-state index is -0.0931. The molecule has 0 aromatic rings. The van der Waals surface area contributed by atoms with Gasteiger partial charge in [-0.05, 0) is 25.3 Å². The molecule has 2 heterocycles. The van der Waals surface area contributed by atoms with Gasteiger partial charge in [0, 0.05) is 38.1 Å². The van der Waals surface area contributed by atoms with Gasteiger partial charge >= 0.3 is 0 Å². The van der Waals surface area contributed by atoms with Crippen LogP contribution >= 0.6 is 0 Å². The molecule has 2 fully saturated rings. The van der Waals surface area contributed by atoms with Crippen LogP contribution in [0.2, 0.25) is 0 Å². The molecule has 0 radical (unpaired) electrons. The van der Waals surface area contributed by atoms with Crippen LogP contribution in [0.25, 0.3) is 0 Å². The van der Waals surface area contributed by atoms with Gasteiger partial charge in [-0.3, -0.25) is 19.4 Å². The molecular weight excluding hydrogens is 316 g/mol. The second-order valence-electron chi connectivity index (χ2n) is 8.42. The summed E-state index contributed by atoms with van der Waals surface area (Å²) in [6.45, 7) is 9.33. The first-order chi connectivity index (χ1) is 11.7. The first-order valence-corrected chi connectivity index (χ1v) is 9.17. The highest BCUT2D eigenvalue weighted by Crippen LogP contribution is 2.29. The summed E-state index contributed by atoms with van der Waals surface area (Å²) in [5, 5.41) is 5.79. The van der Waals surface area contributed by atoms with Gasteiger partial charge in [-0.25, -0.2) is 0 Å². The maximum absolute atomic E-state index is 12.7. The molecule has 0 saturated carbocycles. The SMILES string of the molecule is C#CCNC(=O)CCC1CNC(=O)C2C(CCN2CC(C)(C)C)N1C. The molecule has 0 aromatic heterocycles. The molecule has 2 aliphatic rings. The highest BCUT2D eigenvalue weighted by molar-refractivity contribution is 5.83. The van der Waals surface area contributed by atoms with Crippen molar-refractivity contribution in [2.24, 2.45) is 5.41 Å². The summed E-state index contributed by atoms with van der Waals surface area (Å²) >= 11 is 0. The fourth-order valence-electron chi connectivity index (χ4n) is 3.97. The van der Waals surface area contributed by atoms with E-state index in [4.69, 9.17) is 6.42 Å². The highest BCUT2D eigenvalue weighted by atomic mass is 16.2. The summed E-state index contributed by atoms with van der Waals surface area (Å²) in [5.74, 6) is 2.50. The molecule has 2 aliphatic heterocycles. The van der Waals surface area contributed by atoms with E-state index in [1.165, 1.54) is 0 Å². The maximum Gasteiger partial charge on any atom is 0.239 e. The lowest BCUT2D eigenvalue weighted by molar-refractivity contribution is -0.126. The molecule has 140 valence electrons. The Balaban J connectivity index is 2.00. The molecular formula is C19H32N4O2. The zero-order valence-corrected chi connectivity index (χ0v) is 16.0. The third kappa shape index (κ3) is 5.20. The molecule has 2 rings (SSSR count). The quantitative estimate of drug-likeness (QED) is 0.708. The van der Waals surface area contributed by atoms with Crippen molar-refractivity contribution in [2.45, 2.75) is 58.2 Å². The lowest BCUT2D eigenvalue weighted by Crippen LogP contribution is -2.51. The number of rotatable bonds is 5. The van der Waals surface area contributed by atoms with Gasteiger partial charge in [0.1, 0.15) is 6.04 Å². The second kappa shape index (κ2) is 8.20. The summed E-state index contributed by atoms with van der Waals surface area (Å²) in [7, 11) is 2.09. The van der Waals surface area contributed by atoms with Crippen LogP contribution in [0, 0.1) is 17.8 Å². The van der Waals surface area contributed by atoms with E-state index in [-0.39, 0.29) is 41.9 Å². The topological polar surface area (TPSA) is 64.7 Å². The van der Waals surface area contributed by atoms with Gasteiger partial charge in [0.25, 0.3) is 0 Å². The van der Waals surface area contributed by atoms with Crippen LogP contribution in [0.4, 0.5) is 0 Å². The monoisotopic (exact) mass is 348 g/mol. The predicted molar refractivity (Wildman–Crippen MR) is 98.9 cm³/mol. The van der Waals surface area contributed by atoms with Crippen LogP contribution < -0.4 is 10.6 Å². The number of fused-ring (bicyclic) bond motifs is 1. The molecule has 6 heteroatoms. The Labute approximate surface area is 151 Å². The Morgan fingerprint density at radius 1 is 1.44 bits per heavy atom. The van der Waals surface area contributed by atoms with Crippen LogP contribution in [0.3, 0.4) is 0 Å². The smallest absolute Gasteiger partial charge is 0.239 e. The van der Waals surface area contributed by atoms with Gasteiger partial charge in [0.05, 0.1) is 6.54 Å². The van der Waals surface area contributed by atoms with E-state index in [9.17, 15) is 9.59 Å². The zero-order chi connectivity index (χ0) is 18.6. The number of hydrogen-bond acceptors (Lipinski definition) is 4. The van der Waals surface area contributed by atoms with Crippen molar-refractivity contribution < 1.29 is 9.59 Å². The predicted octanol–water partition coefficient (Wildman–Crippen LogP) is 0.435. The Bertz CT molecular complexity index is 535. The van der Waals surface area contributed by atoms with E-state index in [0.29, 0.717) is 13.0 Å². The number of nitrogens with one attached hydrogen (secondary N) is 2. The standard InChI is InChI=1S/C19H32N4O2/c1-6-10-20-16(24)8-7-14-12-21-18(25)17-15(22(14)5)9-11-23(17)13-19(2,3)4/h1,14-15,17H,7-13H2,2-5H3,(H,20,24)(H,21,25). The van der Waals surface area contributed by atoms with Crippen LogP contribution in [-0.2, 0) is 9.59 Å². The Kier molecular flexibility index (Phi) is 6.47. The molecule has 0 bridgehead atoms. The molecule has 2 N–H and O–H groups in total. The first kappa shape index (κ1) is 19.7. The summed E-state index contributed by atoms with van der Waals surface area (Å²) in [6.07, 6.45) is 7.30. The van der Waals surface area contributed by atoms with Gasteiger partial charge in [-0.15, -0.1) is 6.42 Å². The third-order valence-corrected chi connectivity index (χ3v) is 5.12. The highest BCUT2D eigenvalue weighted by Gasteiger charge is 2.45. The second-order valence-corrected chi connectivity index (χ2v) is 8.42. The molecule has 0 spiro atoms. The summed E-state index contributed by atoms with van der Waals surface area (Å²) in [6, 6.07) is 0.290. The van der Waals surface area contributed by atoms with Gasteiger partial charge < -0.3 is 10.6 Å². The largest absolute Gasteiger partial charge is 0.353 e.